The van der Waals surface area contributed by atoms with Crippen LogP contribution in [0.4, 0.5) is 5.69 Å². The van der Waals surface area contributed by atoms with E-state index in [1.54, 1.807) is 6.08 Å². The van der Waals surface area contributed by atoms with Crippen LogP contribution in [-0.4, -0.2) is 24.2 Å². The van der Waals surface area contributed by atoms with Crippen molar-refractivity contribution < 1.29 is 9.90 Å². The van der Waals surface area contributed by atoms with E-state index >= 15 is 0 Å². The molecule has 1 N–H and O–H groups in total. The minimum atomic E-state index is -0.905. The second kappa shape index (κ2) is 7.13. The van der Waals surface area contributed by atoms with Crippen LogP contribution in [-0.2, 0) is 4.79 Å². The molecule has 1 saturated heterocycles. The summed E-state index contributed by atoms with van der Waals surface area (Å²) in [6, 6.07) is 6.29. The monoisotopic (exact) mass is 273 g/mol. The van der Waals surface area contributed by atoms with E-state index in [1.807, 2.05) is 13.0 Å². The van der Waals surface area contributed by atoms with Gasteiger partial charge in [0, 0.05) is 24.9 Å². The summed E-state index contributed by atoms with van der Waals surface area (Å²) in [5, 5.41) is 8.69. The molecule has 0 bridgehead atoms. The molecule has 0 saturated carbocycles. The Morgan fingerprint density at radius 3 is 2.40 bits per heavy atom. The Morgan fingerprint density at radius 1 is 1.15 bits per heavy atom. The second-order valence-corrected chi connectivity index (χ2v) is 5.47. The molecule has 20 heavy (non-hydrogen) atoms. The number of hydrogen-bond acceptors (Lipinski definition) is 2. The van der Waals surface area contributed by atoms with Crippen LogP contribution in [0, 0.1) is 6.92 Å². The fraction of sp³-hybridized carbons (Fsp3) is 0.471. The van der Waals surface area contributed by atoms with Gasteiger partial charge in [-0.05, 0) is 49.1 Å². The predicted octanol–water partition coefficient (Wildman–Crippen LogP) is 3.86. The molecule has 1 aliphatic heterocycles. The van der Waals surface area contributed by atoms with Gasteiger partial charge in [-0.3, -0.25) is 0 Å². The number of hydrogen-bond donors (Lipinski definition) is 1. The molecule has 0 radical (unpaired) electrons. The predicted molar refractivity (Wildman–Crippen MR) is 83.1 cm³/mol. The topological polar surface area (TPSA) is 40.5 Å². The van der Waals surface area contributed by atoms with E-state index in [0.29, 0.717) is 0 Å². The SMILES string of the molecule is Cc1cc(N2CCCCCCC2)ccc1C=CC(=O)O. The molecule has 0 aromatic heterocycles. The lowest BCUT2D eigenvalue weighted by molar-refractivity contribution is -0.131. The number of rotatable bonds is 3. The molecule has 1 heterocycles. The molecule has 0 aliphatic carbocycles. The van der Waals surface area contributed by atoms with Crippen molar-refractivity contribution in [1.82, 2.24) is 0 Å². The minimum absolute atomic E-state index is 0.905. The van der Waals surface area contributed by atoms with Gasteiger partial charge in [-0.15, -0.1) is 0 Å². The molecule has 2 rings (SSSR count). The highest BCUT2D eigenvalue weighted by Gasteiger charge is 2.09. The number of aryl methyl sites for hydroxylation is 1. The van der Waals surface area contributed by atoms with E-state index in [2.05, 4.69) is 17.0 Å². The maximum atomic E-state index is 10.6. The second-order valence-electron chi connectivity index (χ2n) is 5.47. The summed E-state index contributed by atoms with van der Waals surface area (Å²) in [5.74, 6) is -0.905. The van der Waals surface area contributed by atoms with Crippen molar-refractivity contribution in [3.63, 3.8) is 0 Å². The Bertz CT molecular complexity index is 486. The first-order valence-corrected chi connectivity index (χ1v) is 7.43. The molecule has 1 aromatic rings. The maximum absolute atomic E-state index is 10.6. The van der Waals surface area contributed by atoms with Crippen molar-refractivity contribution in [2.75, 3.05) is 18.0 Å². The fourth-order valence-electron chi connectivity index (χ4n) is 2.71. The number of carboxylic acid groups (broad SMARTS) is 1. The van der Waals surface area contributed by atoms with Crippen LogP contribution in [0.1, 0.15) is 43.2 Å². The van der Waals surface area contributed by atoms with Crippen LogP contribution in [0.25, 0.3) is 6.08 Å². The highest BCUT2D eigenvalue weighted by Crippen LogP contribution is 2.23. The third kappa shape index (κ3) is 4.12. The lowest BCUT2D eigenvalue weighted by Crippen LogP contribution is -2.26. The summed E-state index contributed by atoms with van der Waals surface area (Å²) in [5.41, 5.74) is 3.36. The van der Waals surface area contributed by atoms with Gasteiger partial charge in [-0.2, -0.15) is 0 Å². The van der Waals surface area contributed by atoms with Crippen molar-refractivity contribution >= 4 is 17.7 Å². The number of carboxylic acids is 1. The number of carbonyl (C=O) groups is 1. The van der Waals surface area contributed by atoms with Gasteiger partial charge in [0.25, 0.3) is 0 Å². The third-order valence-corrected chi connectivity index (χ3v) is 3.88. The summed E-state index contributed by atoms with van der Waals surface area (Å²) in [6.45, 7) is 4.29. The largest absolute Gasteiger partial charge is 0.478 e. The molecule has 0 spiro atoms. The van der Waals surface area contributed by atoms with Crippen molar-refractivity contribution in [2.24, 2.45) is 0 Å². The first-order chi connectivity index (χ1) is 9.66. The minimum Gasteiger partial charge on any atom is -0.478 e. The summed E-state index contributed by atoms with van der Waals surface area (Å²) in [7, 11) is 0. The van der Waals surface area contributed by atoms with Crippen molar-refractivity contribution in [2.45, 2.75) is 39.0 Å². The average Bonchev–Trinajstić information content (AvgIpc) is 2.36. The quantitative estimate of drug-likeness (QED) is 0.850. The Kier molecular flexibility index (Phi) is 5.22. The Labute approximate surface area is 120 Å². The van der Waals surface area contributed by atoms with E-state index < -0.39 is 5.97 Å². The van der Waals surface area contributed by atoms with Crippen LogP contribution < -0.4 is 4.90 Å². The molecule has 1 fully saturated rings. The standard InChI is InChI=1S/C17H23NO2/c1-14-13-16(9-7-15(14)8-10-17(19)20)18-11-5-3-2-4-6-12-18/h7-10,13H,2-6,11-12H2,1H3,(H,19,20). The zero-order chi connectivity index (χ0) is 14.4. The molecule has 0 unspecified atom stereocenters. The van der Waals surface area contributed by atoms with E-state index in [1.165, 1.54) is 43.9 Å². The molecule has 1 aliphatic rings. The first kappa shape index (κ1) is 14.6. The Morgan fingerprint density at radius 2 is 1.80 bits per heavy atom. The number of benzene rings is 1. The van der Waals surface area contributed by atoms with Gasteiger partial charge in [0.15, 0.2) is 0 Å². The smallest absolute Gasteiger partial charge is 0.328 e. The summed E-state index contributed by atoms with van der Waals surface area (Å²) >= 11 is 0. The van der Waals surface area contributed by atoms with Gasteiger partial charge < -0.3 is 10.0 Å². The highest BCUT2D eigenvalue weighted by molar-refractivity contribution is 5.85. The van der Waals surface area contributed by atoms with Gasteiger partial charge in [-0.25, -0.2) is 4.79 Å². The number of anilines is 1. The van der Waals surface area contributed by atoms with Gasteiger partial charge in [0.2, 0.25) is 0 Å². The van der Waals surface area contributed by atoms with E-state index in [9.17, 15) is 4.79 Å². The Balaban J connectivity index is 2.12. The summed E-state index contributed by atoms with van der Waals surface area (Å²) in [4.78, 5) is 13.0. The molecule has 108 valence electrons. The van der Waals surface area contributed by atoms with Gasteiger partial charge in [0.1, 0.15) is 0 Å². The molecule has 3 heteroatoms. The summed E-state index contributed by atoms with van der Waals surface area (Å²) in [6.07, 6.45) is 9.40. The lowest BCUT2D eigenvalue weighted by atomic mass is 10.0. The molecule has 0 amide bonds. The zero-order valence-electron chi connectivity index (χ0n) is 12.1. The average molecular weight is 273 g/mol. The molecular formula is C17H23NO2. The lowest BCUT2D eigenvalue weighted by Gasteiger charge is -2.27. The fourth-order valence-corrected chi connectivity index (χ4v) is 2.71. The third-order valence-electron chi connectivity index (χ3n) is 3.88. The molecular weight excluding hydrogens is 250 g/mol. The molecule has 1 aromatic carbocycles. The van der Waals surface area contributed by atoms with Crippen LogP contribution in [0.2, 0.25) is 0 Å². The van der Waals surface area contributed by atoms with Gasteiger partial charge in [-0.1, -0.05) is 25.3 Å². The Hall–Kier alpha value is -1.77. The van der Waals surface area contributed by atoms with Crippen LogP contribution in [0.5, 0.6) is 0 Å². The number of nitrogens with zero attached hydrogens (tertiary/aromatic N) is 1. The molecule has 0 atom stereocenters. The normalized spacial score (nSPS) is 16.9. The van der Waals surface area contributed by atoms with Crippen LogP contribution in [0.3, 0.4) is 0 Å². The summed E-state index contributed by atoms with van der Waals surface area (Å²) < 4.78 is 0. The van der Waals surface area contributed by atoms with Crippen molar-refractivity contribution in [3.8, 4) is 0 Å². The van der Waals surface area contributed by atoms with Crippen molar-refractivity contribution in [3.05, 3.63) is 35.4 Å². The van der Waals surface area contributed by atoms with E-state index in [0.717, 1.165) is 24.2 Å². The highest BCUT2D eigenvalue weighted by atomic mass is 16.4. The van der Waals surface area contributed by atoms with Crippen LogP contribution >= 0.6 is 0 Å². The van der Waals surface area contributed by atoms with Gasteiger partial charge in [0.05, 0.1) is 0 Å². The maximum Gasteiger partial charge on any atom is 0.328 e. The van der Waals surface area contributed by atoms with Crippen molar-refractivity contribution in [1.29, 1.82) is 0 Å². The molecule has 3 nitrogen and oxygen atoms in total. The zero-order valence-corrected chi connectivity index (χ0v) is 12.1. The van der Waals surface area contributed by atoms with E-state index in [-0.39, 0.29) is 0 Å². The van der Waals surface area contributed by atoms with Crippen LogP contribution in [0.15, 0.2) is 24.3 Å². The number of aliphatic carboxylic acids is 1. The van der Waals surface area contributed by atoms with E-state index in [4.69, 9.17) is 5.11 Å². The van der Waals surface area contributed by atoms with Gasteiger partial charge >= 0.3 is 5.97 Å². The first-order valence-electron chi connectivity index (χ1n) is 7.43.